The van der Waals surface area contributed by atoms with E-state index >= 15 is 0 Å². The predicted molar refractivity (Wildman–Crippen MR) is 99.0 cm³/mol. The van der Waals surface area contributed by atoms with E-state index in [2.05, 4.69) is 5.32 Å². The van der Waals surface area contributed by atoms with Crippen LogP contribution < -0.4 is 14.8 Å². The Morgan fingerprint density at radius 2 is 1.80 bits per heavy atom. The third kappa shape index (κ3) is 5.76. The molecule has 5 nitrogen and oxygen atoms in total. The maximum atomic E-state index is 12.2. The lowest BCUT2D eigenvalue weighted by Crippen LogP contribution is -2.18. The molecule has 1 N–H and O–H groups in total. The molecular weight excluding hydrogens is 338 g/mol. The van der Waals surface area contributed by atoms with E-state index in [1.165, 1.54) is 0 Å². The van der Waals surface area contributed by atoms with Crippen molar-refractivity contribution in [3.8, 4) is 11.5 Å². The lowest BCUT2D eigenvalue weighted by atomic mass is 10.2. The Bertz CT molecular complexity index is 760. The van der Waals surface area contributed by atoms with Crippen molar-refractivity contribution in [3.63, 3.8) is 0 Å². The lowest BCUT2D eigenvalue weighted by molar-refractivity contribution is 0.310. The summed E-state index contributed by atoms with van der Waals surface area (Å²) in [5.41, 5.74) is 1.06. The average Bonchev–Trinajstić information content (AvgIpc) is 2.63. The summed E-state index contributed by atoms with van der Waals surface area (Å²) in [6.07, 6.45) is 0.561. The molecule has 0 fully saturated rings. The largest absolute Gasteiger partial charge is 0.493 e. The number of benzene rings is 2. The molecule has 0 amide bonds. The Balaban J connectivity index is 1.80. The molecule has 0 bridgehead atoms. The predicted octanol–water partition coefficient (Wildman–Crippen LogP) is 3.05. The minimum Gasteiger partial charge on any atom is -0.493 e. The number of ether oxygens (including phenoxy) is 2. The van der Waals surface area contributed by atoms with E-state index in [1.807, 2.05) is 31.2 Å². The lowest BCUT2D eigenvalue weighted by Gasteiger charge is -2.11. The van der Waals surface area contributed by atoms with Crippen LogP contribution in [0.15, 0.2) is 53.4 Å². The zero-order valence-corrected chi connectivity index (χ0v) is 15.5. The number of sulfone groups is 1. The van der Waals surface area contributed by atoms with Crippen LogP contribution in [0.1, 0.15) is 18.9 Å². The smallest absolute Gasteiger partial charge is 0.178 e. The summed E-state index contributed by atoms with van der Waals surface area (Å²) in [6.45, 7) is 3.79. The van der Waals surface area contributed by atoms with Crippen LogP contribution in [0.5, 0.6) is 11.5 Å². The topological polar surface area (TPSA) is 64.6 Å². The van der Waals surface area contributed by atoms with Gasteiger partial charge in [0.1, 0.15) is 0 Å². The zero-order chi connectivity index (χ0) is 18.1. The van der Waals surface area contributed by atoms with Crippen LogP contribution in [0.4, 0.5) is 0 Å². The van der Waals surface area contributed by atoms with Crippen molar-refractivity contribution in [2.45, 2.75) is 24.8 Å². The Morgan fingerprint density at radius 3 is 2.48 bits per heavy atom. The number of methoxy groups -OCH3 is 1. The van der Waals surface area contributed by atoms with Crippen molar-refractivity contribution < 1.29 is 17.9 Å². The Morgan fingerprint density at radius 1 is 1.04 bits per heavy atom. The first-order valence-corrected chi connectivity index (χ1v) is 10.0. The molecule has 0 aliphatic rings. The fourth-order valence-electron chi connectivity index (χ4n) is 2.46. The molecule has 2 aromatic carbocycles. The van der Waals surface area contributed by atoms with Gasteiger partial charge in [-0.2, -0.15) is 0 Å². The van der Waals surface area contributed by atoms with Crippen molar-refractivity contribution in [1.29, 1.82) is 0 Å². The second kappa shape index (κ2) is 9.44. The van der Waals surface area contributed by atoms with Gasteiger partial charge in [0.2, 0.25) is 0 Å². The van der Waals surface area contributed by atoms with Gasteiger partial charge in [-0.3, -0.25) is 0 Å². The first kappa shape index (κ1) is 19.3. The molecule has 0 aliphatic carbocycles. The molecule has 0 saturated carbocycles. The van der Waals surface area contributed by atoms with Gasteiger partial charge in [0, 0.05) is 6.54 Å². The fourth-order valence-corrected chi connectivity index (χ4v) is 3.79. The zero-order valence-electron chi connectivity index (χ0n) is 14.7. The van der Waals surface area contributed by atoms with Crippen LogP contribution in [0, 0.1) is 0 Å². The van der Waals surface area contributed by atoms with Crippen LogP contribution >= 0.6 is 0 Å². The highest BCUT2D eigenvalue weighted by atomic mass is 32.2. The van der Waals surface area contributed by atoms with Gasteiger partial charge in [-0.25, -0.2) is 8.42 Å². The van der Waals surface area contributed by atoms with Gasteiger partial charge in [-0.05, 0) is 49.7 Å². The number of hydrogen-bond acceptors (Lipinski definition) is 5. The molecule has 25 heavy (non-hydrogen) atoms. The number of hydrogen-bond donors (Lipinski definition) is 1. The van der Waals surface area contributed by atoms with E-state index in [9.17, 15) is 8.42 Å². The highest BCUT2D eigenvalue weighted by molar-refractivity contribution is 7.91. The van der Waals surface area contributed by atoms with E-state index in [4.69, 9.17) is 9.47 Å². The molecule has 0 saturated heterocycles. The summed E-state index contributed by atoms with van der Waals surface area (Å²) in [6, 6.07) is 14.4. The minimum atomic E-state index is -3.20. The van der Waals surface area contributed by atoms with Gasteiger partial charge < -0.3 is 14.8 Å². The molecule has 136 valence electrons. The molecule has 0 heterocycles. The summed E-state index contributed by atoms with van der Waals surface area (Å²) < 4.78 is 35.2. The van der Waals surface area contributed by atoms with Crippen molar-refractivity contribution in [2.24, 2.45) is 0 Å². The SMILES string of the molecule is CCOc1ccc(CNCCCS(=O)(=O)c2ccccc2)cc1OC. The highest BCUT2D eigenvalue weighted by Crippen LogP contribution is 2.27. The fraction of sp³-hybridized carbons (Fsp3) is 0.368. The Hall–Kier alpha value is -2.05. The van der Waals surface area contributed by atoms with Crippen molar-refractivity contribution in [1.82, 2.24) is 5.32 Å². The third-order valence-corrected chi connectivity index (χ3v) is 5.54. The van der Waals surface area contributed by atoms with Crippen LogP contribution in [0.2, 0.25) is 0 Å². The maximum absolute atomic E-state index is 12.2. The van der Waals surface area contributed by atoms with Gasteiger partial charge in [-0.1, -0.05) is 24.3 Å². The third-order valence-electron chi connectivity index (χ3n) is 3.73. The molecule has 2 rings (SSSR count). The van der Waals surface area contributed by atoms with E-state index in [1.54, 1.807) is 31.4 Å². The maximum Gasteiger partial charge on any atom is 0.178 e. The summed E-state index contributed by atoms with van der Waals surface area (Å²) in [5.74, 6) is 1.56. The van der Waals surface area contributed by atoms with Crippen LogP contribution in [-0.4, -0.2) is 34.4 Å². The average molecular weight is 363 g/mol. The molecular formula is C19H25NO4S. The van der Waals surface area contributed by atoms with E-state index in [-0.39, 0.29) is 5.75 Å². The molecule has 6 heteroatoms. The Kier molecular flexibility index (Phi) is 7.28. The van der Waals surface area contributed by atoms with Crippen LogP contribution in [0.25, 0.3) is 0 Å². The first-order chi connectivity index (χ1) is 12.1. The van der Waals surface area contributed by atoms with Crippen LogP contribution in [0.3, 0.4) is 0 Å². The van der Waals surface area contributed by atoms with Gasteiger partial charge in [-0.15, -0.1) is 0 Å². The summed E-state index contributed by atoms with van der Waals surface area (Å²) in [4.78, 5) is 0.381. The molecule has 0 atom stereocenters. The summed E-state index contributed by atoms with van der Waals surface area (Å²) in [5, 5.41) is 3.27. The van der Waals surface area contributed by atoms with Crippen molar-refractivity contribution in [3.05, 3.63) is 54.1 Å². The standard InChI is InChI=1S/C19H25NO4S/c1-3-24-18-11-10-16(14-19(18)23-2)15-20-12-7-13-25(21,22)17-8-5-4-6-9-17/h4-6,8-11,14,20H,3,7,12-13,15H2,1-2H3. The van der Waals surface area contributed by atoms with Gasteiger partial charge in [0.15, 0.2) is 21.3 Å². The Labute approximate surface area is 149 Å². The molecule has 0 aliphatic heterocycles. The van der Waals surface area contributed by atoms with Crippen LogP contribution in [-0.2, 0) is 16.4 Å². The second-order valence-electron chi connectivity index (χ2n) is 5.58. The second-order valence-corrected chi connectivity index (χ2v) is 7.69. The normalized spacial score (nSPS) is 11.3. The number of rotatable bonds is 10. The summed E-state index contributed by atoms with van der Waals surface area (Å²) in [7, 11) is -1.59. The molecule has 0 aromatic heterocycles. The van der Waals surface area contributed by atoms with Gasteiger partial charge in [0.25, 0.3) is 0 Å². The monoisotopic (exact) mass is 363 g/mol. The van der Waals surface area contributed by atoms with E-state index in [0.29, 0.717) is 36.8 Å². The van der Waals surface area contributed by atoms with Gasteiger partial charge >= 0.3 is 0 Å². The quantitative estimate of drug-likeness (QED) is 0.657. The molecule has 0 radical (unpaired) electrons. The summed E-state index contributed by atoms with van der Waals surface area (Å²) >= 11 is 0. The van der Waals surface area contributed by atoms with E-state index in [0.717, 1.165) is 11.3 Å². The van der Waals surface area contributed by atoms with Gasteiger partial charge in [0.05, 0.1) is 24.4 Å². The first-order valence-electron chi connectivity index (χ1n) is 8.35. The molecule has 0 spiro atoms. The van der Waals surface area contributed by atoms with Crippen molar-refractivity contribution in [2.75, 3.05) is 26.0 Å². The van der Waals surface area contributed by atoms with E-state index < -0.39 is 9.84 Å². The molecule has 0 unspecified atom stereocenters. The van der Waals surface area contributed by atoms with Crippen molar-refractivity contribution >= 4 is 9.84 Å². The highest BCUT2D eigenvalue weighted by Gasteiger charge is 2.12. The minimum absolute atomic E-state index is 0.136. The molecule has 2 aromatic rings. The number of nitrogens with one attached hydrogen (secondary N) is 1.